The van der Waals surface area contributed by atoms with E-state index in [4.69, 9.17) is 14.2 Å². The minimum atomic E-state index is -0.671. The Morgan fingerprint density at radius 3 is 2.12 bits per heavy atom. The maximum atomic E-state index is 12.5. The first-order valence-electron chi connectivity index (χ1n) is 10.3. The number of ether oxygens (including phenoxy) is 3. The second-order valence-corrected chi connectivity index (χ2v) is 8.20. The van der Waals surface area contributed by atoms with Crippen molar-refractivity contribution in [2.75, 3.05) is 33.9 Å². The molecule has 1 heterocycles. The van der Waals surface area contributed by atoms with Crippen LogP contribution in [0.4, 0.5) is 4.79 Å². The number of halogens is 1. The Morgan fingerprint density at radius 1 is 0.909 bits per heavy atom. The average molecular weight is 517 g/mol. The summed E-state index contributed by atoms with van der Waals surface area (Å²) >= 11 is 3.48. The van der Waals surface area contributed by atoms with Crippen molar-refractivity contribution in [3.63, 3.8) is 0 Å². The Morgan fingerprint density at radius 2 is 1.52 bits per heavy atom. The number of urea groups is 1. The highest BCUT2D eigenvalue weighted by molar-refractivity contribution is 9.10. The molecule has 1 aliphatic heterocycles. The normalized spacial score (nSPS) is 14.0. The predicted molar refractivity (Wildman–Crippen MR) is 126 cm³/mol. The van der Waals surface area contributed by atoms with E-state index in [1.165, 1.54) is 20.2 Å². The predicted octanol–water partition coefficient (Wildman–Crippen LogP) is 4.05. The molecule has 1 fully saturated rings. The van der Waals surface area contributed by atoms with Crippen molar-refractivity contribution >= 4 is 39.9 Å². The lowest BCUT2D eigenvalue weighted by Gasteiger charge is -2.28. The van der Waals surface area contributed by atoms with Gasteiger partial charge in [-0.2, -0.15) is 0 Å². The molecule has 0 saturated carbocycles. The van der Waals surface area contributed by atoms with Crippen molar-refractivity contribution in [2.24, 2.45) is 0 Å². The zero-order valence-electron chi connectivity index (χ0n) is 18.9. The van der Waals surface area contributed by atoms with E-state index in [0.29, 0.717) is 34.7 Å². The Bertz CT molecular complexity index is 1070. The van der Waals surface area contributed by atoms with Crippen molar-refractivity contribution < 1.29 is 28.6 Å². The maximum Gasteiger partial charge on any atom is 0.333 e. The minimum Gasteiger partial charge on any atom is -0.490 e. The number of hydrogen-bond acceptors (Lipinski definition) is 6. The van der Waals surface area contributed by atoms with Crippen LogP contribution in [0.5, 0.6) is 17.2 Å². The number of benzene rings is 2. The van der Waals surface area contributed by atoms with Crippen LogP contribution in [0.25, 0.3) is 6.08 Å². The molecular weight excluding hydrogens is 492 g/mol. The molecule has 0 radical (unpaired) electrons. The summed E-state index contributed by atoms with van der Waals surface area (Å²) in [4.78, 5) is 38.7. The molecule has 2 aromatic rings. The zero-order chi connectivity index (χ0) is 24.1. The number of hydrogen-bond donors (Lipinski definition) is 0. The third-order valence-corrected chi connectivity index (χ3v) is 5.50. The molecule has 9 heteroatoms. The van der Waals surface area contributed by atoms with Crippen LogP contribution in [0.2, 0.25) is 0 Å². The highest BCUT2D eigenvalue weighted by Crippen LogP contribution is 2.38. The van der Waals surface area contributed by atoms with Gasteiger partial charge in [-0.25, -0.2) is 4.79 Å². The van der Waals surface area contributed by atoms with Gasteiger partial charge < -0.3 is 14.2 Å². The number of barbiturate groups is 1. The molecule has 0 bridgehead atoms. The lowest BCUT2D eigenvalue weighted by molar-refractivity contribution is -0.134. The average Bonchev–Trinajstić information content (AvgIpc) is 2.79. The number of aryl methyl sites for hydroxylation is 1. The van der Waals surface area contributed by atoms with E-state index in [9.17, 15) is 14.4 Å². The molecule has 0 spiro atoms. The first kappa shape index (κ1) is 24.3. The quantitative estimate of drug-likeness (QED) is 0.299. The minimum absolute atomic E-state index is 0.117. The van der Waals surface area contributed by atoms with Gasteiger partial charge in [-0.05, 0) is 65.7 Å². The van der Waals surface area contributed by atoms with E-state index >= 15 is 0 Å². The highest BCUT2D eigenvalue weighted by atomic mass is 79.9. The van der Waals surface area contributed by atoms with Crippen LogP contribution in [0, 0.1) is 6.92 Å². The van der Waals surface area contributed by atoms with Gasteiger partial charge in [0.05, 0.1) is 11.1 Å². The van der Waals surface area contributed by atoms with Crippen LogP contribution in [-0.4, -0.2) is 61.6 Å². The Labute approximate surface area is 200 Å². The second-order valence-electron chi connectivity index (χ2n) is 7.34. The molecule has 2 aromatic carbocycles. The SMILES string of the molecule is CCOc1cc(C=C2C(=O)N(C)C(=O)N(C)C2=O)cc(Br)c1OCCOc1ccc(C)cc1. The number of amides is 4. The number of carbonyl (C=O) groups excluding carboxylic acids is 3. The number of carbonyl (C=O) groups is 3. The molecular formula is C24H25BrN2O6. The zero-order valence-corrected chi connectivity index (χ0v) is 20.5. The smallest absolute Gasteiger partial charge is 0.333 e. The van der Waals surface area contributed by atoms with Gasteiger partial charge in [-0.15, -0.1) is 0 Å². The molecule has 0 aliphatic carbocycles. The number of nitrogens with zero attached hydrogens (tertiary/aromatic N) is 2. The Hall–Kier alpha value is -3.33. The van der Waals surface area contributed by atoms with Gasteiger partial charge in [0.15, 0.2) is 11.5 Å². The third-order valence-electron chi connectivity index (χ3n) is 4.91. The van der Waals surface area contributed by atoms with Gasteiger partial charge in [-0.3, -0.25) is 19.4 Å². The van der Waals surface area contributed by atoms with E-state index in [-0.39, 0.29) is 12.2 Å². The summed E-state index contributed by atoms with van der Waals surface area (Å²) in [6.07, 6.45) is 1.43. The van der Waals surface area contributed by atoms with Crippen LogP contribution in [0.1, 0.15) is 18.1 Å². The van der Waals surface area contributed by atoms with Crippen LogP contribution in [0.15, 0.2) is 46.4 Å². The summed E-state index contributed by atoms with van der Waals surface area (Å²) in [5.74, 6) is 0.363. The highest BCUT2D eigenvalue weighted by Gasteiger charge is 2.37. The molecule has 4 amide bonds. The fourth-order valence-electron chi connectivity index (χ4n) is 3.15. The van der Waals surface area contributed by atoms with Crippen molar-refractivity contribution in [1.29, 1.82) is 0 Å². The van der Waals surface area contributed by atoms with Crippen molar-refractivity contribution in [2.45, 2.75) is 13.8 Å². The van der Waals surface area contributed by atoms with Crippen LogP contribution in [-0.2, 0) is 9.59 Å². The van der Waals surface area contributed by atoms with Gasteiger partial charge in [0.25, 0.3) is 11.8 Å². The molecule has 0 aromatic heterocycles. The van der Waals surface area contributed by atoms with Crippen molar-refractivity contribution in [1.82, 2.24) is 9.80 Å². The van der Waals surface area contributed by atoms with E-state index in [2.05, 4.69) is 15.9 Å². The second kappa shape index (κ2) is 10.5. The maximum absolute atomic E-state index is 12.5. The van der Waals surface area contributed by atoms with Gasteiger partial charge >= 0.3 is 6.03 Å². The summed E-state index contributed by atoms with van der Waals surface area (Å²) in [5.41, 5.74) is 1.58. The van der Waals surface area contributed by atoms with Crippen molar-refractivity contribution in [3.8, 4) is 17.2 Å². The first-order valence-corrected chi connectivity index (χ1v) is 11.1. The van der Waals surface area contributed by atoms with E-state index in [1.807, 2.05) is 38.1 Å². The Kier molecular flexibility index (Phi) is 7.75. The summed E-state index contributed by atoms with van der Waals surface area (Å²) in [6, 6.07) is 10.5. The molecule has 1 aliphatic rings. The summed E-state index contributed by atoms with van der Waals surface area (Å²) in [7, 11) is 2.66. The molecule has 0 N–H and O–H groups in total. The van der Waals surface area contributed by atoms with Crippen LogP contribution in [0.3, 0.4) is 0 Å². The largest absolute Gasteiger partial charge is 0.490 e. The Balaban J connectivity index is 1.78. The van der Waals surface area contributed by atoms with Crippen molar-refractivity contribution in [3.05, 3.63) is 57.6 Å². The number of imide groups is 2. The lowest BCUT2D eigenvalue weighted by Crippen LogP contribution is -2.52. The van der Waals surface area contributed by atoms with E-state index in [1.54, 1.807) is 12.1 Å². The van der Waals surface area contributed by atoms with Gasteiger partial charge in [0, 0.05) is 14.1 Å². The summed E-state index contributed by atoms with van der Waals surface area (Å²) in [5, 5.41) is 0. The molecule has 0 unspecified atom stereocenters. The van der Waals surface area contributed by atoms with Crippen LogP contribution < -0.4 is 14.2 Å². The summed E-state index contributed by atoms with van der Waals surface area (Å²) in [6.45, 7) is 4.85. The fourth-order valence-corrected chi connectivity index (χ4v) is 3.73. The number of rotatable bonds is 8. The third kappa shape index (κ3) is 5.54. The van der Waals surface area contributed by atoms with Gasteiger partial charge in [0.1, 0.15) is 24.5 Å². The van der Waals surface area contributed by atoms with Crippen LogP contribution >= 0.6 is 15.9 Å². The molecule has 0 atom stereocenters. The van der Waals surface area contributed by atoms with E-state index in [0.717, 1.165) is 21.1 Å². The van der Waals surface area contributed by atoms with E-state index < -0.39 is 17.8 Å². The van der Waals surface area contributed by atoms with Gasteiger partial charge in [0.2, 0.25) is 0 Å². The molecule has 8 nitrogen and oxygen atoms in total. The monoisotopic (exact) mass is 516 g/mol. The molecule has 33 heavy (non-hydrogen) atoms. The molecule has 174 valence electrons. The standard InChI is InChI=1S/C24H25BrN2O6/c1-5-31-20-14-16(12-18-22(28)26(3)24(30)27(4)23(18)29)13-19(25)21(20)33-11-10-32-17-8-6-15(2)7-9-17/h6-9,12-14H,5,10-11H2,1-4H3. The molecule has 3 rings (SSSR count). The molecule has 1 saturated heterocycles. The van der Waals surface area contributed by atoms with Gasteiger partial charge in [-0.1, -0.05) is 17.7 Å². The number of likely N-dealkylation sites (N-methyl/N-ethyl adjacent to an activating group) is 2. The first-order chi connectivity index (χ1) is 15.7. The fraction of sp³-hybridized carbons (Fsp3) is 0.292. The summed E-state index contributed by atoms with van der Waals surface area (Å²) < 4.78 is 17.9. The topological polar surface area (TPSA) is 85.4 Å². The lowest BCUT2D eigenvalue weighted by atomic mass is 10.1.